The zero-order valence-electron chi connectivity index (χ0n) is 11.2. The number of thiazole rings is 1. The molecule has 0 bridgehead atoms. The van der Waals surface area contributed by atoms with E-state index in [1.807, 2.05) is 10.3 Å². The molecule has 0 spiro atoms. The van der Waals surface area contributed by atoms with Gasteiger partial charge < -0.3 is 9.64 Å². The van der Waals surface area contributed by atoms with Crippen molar-refractivity contribution in [3.8, 4) is 0 Å². The van der Waals surface area contributed by atoms with Gasteiger partial charge in [-0.2, -0.15) is 0 Å². The number of ether oxygens (including phenoxy) is 1. The van der Waals surface area contributed by atoms with Gasteiger partial charge in [-0.3, -0.25) is 4.79 Å². The van der Waals surface area contributed by atoms with Gasteiger partial charge in [-0.1, -0.05) is 6.08 Å². The maximum Gasteiger partial charge on any atom is 0.252 e. The van der Waals surface area contributed by atoms with Crippen LogP contribution in [0, 0.1) is 0 Å². The number of nitrogens with zero attached hydrogens (tertiary/aromatic N) is 2. The van der Waals surface area contributed by atoms with Gasteiger partial charge in [0.2, 0.25) is 0 Å². The summed E-state index contributed by atoms with van der Waals surface area (Å²) in [5.74, 6) is 0.0572. The quantitative estimate of drug-likeness (QED) is 0.779. The summed E-state index contributed by atoms with van der Waals surface area (Å²) < 4.78 is 5.45. The van der Waals surface area contributed by atoms with E-state index in [2.05, 4.69) is 11.6 Å². The summed E-state index contributed by atoms with van der Waals surface area (Å²) in [7, 11) is 0. The zero-order chi connectivity index (χ0) is 13.7. The van der Waals surface area contributed by atoms with Crippen LogP contribution in [-0.4, -0.2) is 35.0 Å². The summed E-state index contributed by atoms with van der Waals surface area (Å²) in [5.41, 5.74) is 0. The van der Waals surface area contributed by atoms with Crippen LogP contribution in [0.15, 0.2) is 24.2 Å². The van der Waals surface area contributed by atoms with Crippen LogP contribution in [0.2, 0.25) is 0 Å². The van der Waals surface area contributed by atoms with Gasteiger partial charge in [-0.25, -0.2) is 4.98 Å². The standard InChI is InChI=1S/C14H20N2O2S/c1-3-9-18-11(2)14(17)16-8-5-4-6-12(16)13-15-7-10-19-13/h3,7,10-12H,1,4-6,8-9H2,2H3/t11-,12-/m1/s1. The predicted molar refractivity (Wildman–Crippen MR) is 76.0 cm³/mol. The first-order valence-corrected chi connectivity index (χ1v) is 7.54. The van der Waals surface area contributed by atoms with Crippen LogP contribution in [0.25, 0.3) is 0 Å². The monoisotopic (exact) mass is 280 g/mol. The van der Waals surface area contributed by atoms with E-state index in [1.165, 1.54) is 0 Å². The predicted octanol–water partition coefficient (Wildman–Crippen LogP) is 2.79. The summed E-state index contributed by atoms with van der Waals surface area (Å²) in [5, 5.41) is 2.99. The SMILES string of the molecule is C=CCO[C@H](C)C(=O)N1CCCC[C@@H]1c1nccs1. The molecule has 5 heteroatoms. The lowest BCUT2D eigenvalue weighted by molar-refractivity contribution is -0.146. The van der Waals surface area contributed by atoms with E-state index in [-0.39, 0.29) is 11.9 Å². The second-order valence-corrected chi connectivity index (χ2v) is 5.60. The second kappa shape index (κ2) is 6.82. The van der Waals surface area contributed by atoms with Crippen molar-refractivity contribution in [1.29, 1.82) is 0 Å². The topological polar surface area (TPSA) is 42.4 Å². The molecular formula is C14H20N2O2S. The molecule has 0 saturated carbocycles. The van der Waals surface area contributed by atoms with Crippen LogP contribution in [0.5, 0.6) is 0 Å². The number of piperidine rings is 1. The van der Waals surface area contributed by atoms with Gasteiger partial charge in [0.25, 0.3) is 5.91 Å². The Morgan fingerprint density at radius 2 is 2.58 bits per heavy atom. The molecule has 1 saturated heterocycles. The van der Waals surface area contributed by atoms with Crippen molar-refractivity contribution in [2.24, 2.45) is 0 Å². The summed E-state index contributed by atoms with van der Waals surface area (Å²) in [6.07, 6.45) is 6.25. The fourth-order valence-electron chi connectivity index (χ4n) is 2.37. The summed E-state index contributed by atoms with van der Waals surface area (Å²) in [6, 6.07) is 0.121. The van der Waals surface area contributed by atoms with Crippen molar-refractivity contribution in [2.75, 3.05) is 13.2 Å². The van der Waals surface area contributed by atoms with Crippen LogP contribution >= 0.6 is 11.3 Å². The number of amides is 1. The van der Waals surface area contributed by atoms with Crippen molar-refractivity contribution >= 4 is 17.2 Å². The lowest BCUT2D eigenvalue weighted by Crippen LogP contribution is -2.44. The van der Waals surface area contributed by atoms with E-state index >= 15 is 0 Å². The number of carbonyl (C=O) groups is 1. The molecule has 0 N–H and O–H groups in total. The number of carbonyl (C=O) groups excluding carboxylic acids is 1. The molecule has 104 valence electrons. The molecule has 4 nitrogen and oxygen atoms in total. The average molecular weight is 280 g/mol. The van der Waals surface area contributed by atoms with Gasteiger partial charge in [0.15, 0.2) is 0 Å². The van der Waals surface area contributed by atoms with Gasteiger partial charge in [0, 0.05) is 18.1 Å². The first kappa shape index (κ1) is 14.2. The Bertz CT molecular complexity index is 419. The first-order chi connectivity index (χ1) is 9.24. The molecule has 1 aromatic rings. The lowest BCUT2D eigenvalue weighted by atomic mass is 10.0. The van der Waals surface area contributed by atoms with Gasteiger partial charge in [0.1, 0.15) is 11.1 Å². The van der Waals surface area contributed by atoms with E-state index in [1.54, 1.807) is 30.5 Å². The molecule has 1 amide bonds. The van der Waals surface area contributed by atoms with Gasteiger partial charge in [-0.05, 0) is 26.2 Å². The van der Waals surface area contributed by atoms with Crippen LogP contribution in [0.3, 0.4) is 0 Å². The maximum absolute atomic E-state index is 12.5. The Morgan fingerprint density at radius 1 is 1.74 bits per heavy atom. The number of aromatic nitrogens is 1. The molecule has 1 aliphatic rings. The molecule has 0 radical (unpaired) electrons. The van der Waals surface area contributed by atoms with Crippen LogP contribution in [0.1, 0.15) is 37.2 Å². The molecule has 0 aromatic carbocycles. The highest BCUT2D eigenvalue weighted by Crippen LogP contribution is 2.32. The molecule has 1 aliphatic heterocycles. The second-order valence-electron chi connectivity index (χ2n) is 4.68. The van der Waals surface area contributed by atoms with Gasteiger partial charge >= 0.3 is 0 Å². The average Bonchev–Trinajstić information content (AvgIpc) is 2.98. The normalized spacial score (nSPS) is 21.1. The minimum absolute atomic E-state index is 0.0572. The van der Waals surface area contributed by atoms with Crippen molar-refractivity contribution in [3.05, 3.63) is 29.2 Å². The molecule has 0 unspecified atom stereocenters. The van der Waals surface area contributed by atoms with Crippen molar-refractivity contribution in [1.82, 2.24) is 9.88 Å². The number of hydrogen-bond donors (Lipinski definition) is 0. The van der Waals surface area contributed by atoms with E-state index in [0.29, 0.717) is 6.61 Å². The third kappa shape index (κ3) is 3.42. The van der Waals surface area contributed by atoms with Crippen molar-refractivity contribution < 1.29 is 9.53 Å². The Kier molecular flexibility index (Phi) is 5.10. The first-order valence-electron chi connectivity index (χ1n) is 6.66. The van der Waals surface area contributed by atoms with E-state index in [9.17, 15) is 4.79 Å². The third-order valence-corrected chi connectivity index (χ3v) is 4.21. The molecule has 1 aromatic heterocycles. The molecule has 2 rings (SSSR count). The molecular weight excluding hydrogens is 260 g/mol. The largest absolute Gasteiger partial charge is 0.365 e. The smallest absolute Gasteiger partial charge is 0.252 e. The maximum atomic E-state index is 12.5. The Labute approximate surface area is 118 Å². The van der Waals surface area contributed by atoms with Crippen LogP contribution in [-0.2, 0) is 9.53 Å². The number of rotatable bonds is 5. The Morgan fingerprint density at radius 3 is 3.26 bits per heavy atom. The summed E-state index contributed by atoms with van der Waals surface area (Å²) >= 11 is 1.62. The molecule has 0 aliphatic carbocycles. The molecule has 2 atom stereocenters. The summed E-state index contributed by atoms with van der Waals surface area (Å²) in [6.45, 7) is 6.61. The summed E-state index contributed by atoms with van der Waals surface area (Å²) in [4.78, 5) is 18.7. The molecule has 1 fully saturated rings. The number of likely N-dealkylation sites (tertiary alicyclic amines) is 1. The van der Waals surface area contributed by atoms with Crippen molar-refractivity contribution in [3.63, 3.8) is 0 Å². The lowest BCUT2D eigenvalue weighted by Gasteiger charge is -2.36. The Balaban J connectivity index is 2.06. The fourth-order valence-corrected chi connectivity index (χ4v) is 3.15. The highest BCUT2D eigenvalue weighted by molar-refractivity contribution is 7.09. The van der Waals surface area contributed by atoms with Crippen molar-refractivity contribution in [2.45, 2.75) is 38.3 Å². The van der Waals surface area contributed by atoms with E-state index < -0.39 is 6.10 Å². The number of hydrogen-bond acceptors (Lipinski definition) is 4. The Hall–Kier alpha value is -1.20. The minimum atomic E-state index is -0.418. The van der Waals surface area contributed by atoms with Gasteiger partial charge in [0.05, 0.1) is 12.6 Å². The van der Waals surface area contributed by atoms with E-state index in [0.717, 1.165) is 30.8 Å². The van der Waals surface area contributed by atoms with E-state index in [4.69, 9.17) is 4.74 Å². The molecule has 19 heavy (non-hydrogen) atoms. The molecule has 2 heterocycles. The zero-order valence-corrected chi connectivity index (χ0v) is 12.1. The van der Waals surface area contributed by atoms with Gasteiger partial charge in [-0.15, -0.1) is 17.9 Å². The highest BCUT2D eigenvalue weighted by Gasteiger charge is 2.32. The third-order valence-electron chi connectivity index (χ3n) is 3.33. The highest BCUT2D eigenvalue weighted by atomic mass is 32.1. The van der Waals surface area contributed by atoms with Crippen LogP contribution in [0.4, 0.5) is 0 Å². The minimum Gasteiger partial charge on any atom is -0.365 e. The fraction of sp³-hybridized carbons (Fsp3) is 0.571. The van der Waals surface area contributed by atoms with Crippen LogP contribution < -0.4 is 0 Å².